The molecule has 0 saturated carbocycles. The lowest BCUT2D eigenvalue weighted by Gasteiger charge is -2.06. The van der Waals surface area contributed by atoms with Gasteiger partial charge in [-0.3, -0.25) is 9.59 Å². The molecule has 14 heavy (non-hydrogen) atoms. The number of carbonyl (C=O) groups excluding carboxylic acids is 2. The quantitative estimate of drug-likeness (QED) is 0.547. The maximum atomic E-state index is 13.2. The van der Waals surface area contributed by atoms with Crippen molar-refractivity contribution in [2.45, 2.75) is 6.92 Å². The highest BCUT2D eigenvalue weighted by Crippen LogP contribution is 2.23. The molecule has 1 rings (SSSR count). The lowest BCUT2D eigenvalue weighted by Crippen LogP contribution is -2.00. The Kier molecular flexibility index (Phi) is 2.96. The number of carbonyl (C=O) groups is 2. The molecule has 0 heterocycles. The standard InChI is InChI=1S/C10H9FO3/c1-6(13)7-3-8(5-12)10(14-2)9(11)4-7/h3-5H,1-2H3. The summed E-state index contributed by atoms with van der Waals surface area (Å²) in [5.74, 6) is -1.14. The van der Waals surface area contributed by atoms with Crippen molar-refractivity contribution in [3.63, 3.8) is 0 Å². The van der Waals surface area contributed by atoms with E-state index >= 15 is 0 Å². The van der Waals surface area contributed by atoms with Crippen LogP contribution in [0.15, 0.2) is 12.1 Å². The third kappa shape index (κ3) is 1.79. The Morgan fingerprint density at radius 1 is 1.50 bits per heavy atom. The number of ether oxygens (including phenoxy) is 1. The van der Waals surface area contributed by atoms with Crippen LogP contribution in [0.3, 0.4) is 0 Å². The average molecular weight is 196 g/mol. The van der Waals surface area contributed by atoms with Gasteiger partial charge in [-0.1, -0.05) is 0 Å². The minimum Gasteiger partial charge on any atom is -0.493 e. The number of aldehydes is 1. The number of benzene rings is 1. The summed E-state index contributed by atoms with van der Waals surface area (Å²) in [5.41, 5.74) is 0.197. The molecule has 0 radical (unpaired) electrons. The van der Waals surface area contributed by atoms with Crippen molar-refractivity contribution in [3.05, 3.63) is 29.1 Å². The van der Waals surface area contributed by atoms with Crippen LogP contribution in [0.2, 0.25) is 0 Å². The van der Waals surface area contributed by atoms with Crippen molar-refractivity contribution >= 4 is 12.1 Å². The zero-order chi connectivity index (χ0) is 10.7. The van der Waals surface area contributed by atoms with Crippen LogP contribution in [-0.4, -0.2) is 19.2 Å². The molecule has 0 aliphatic carbocycles. The van der Waals surface area contributed by atoms with Crippen LogP contribution in [0.4, 0.5) is 4.39 Å². The molecule has 0 aliphatic heterocycles. The SMILES string of the molecule is COc1c(F)cc(C(C)=O)cc1C=O. The topological polar surface area (TPSA) is 43.4 Å². The molecule has 0 saturated heterocycles. The van der Waals surface area contributed by atoms with Gasteiger partial charge in [-0.2, -0.15) is 0 Å². The zero-order valence-corrected chi connectivity index (χ0v) is 7.83. The molecule has 4 heteroatoms. The van der Waals surface area contributed by atoms with E-state index in [0.717, 1.165) is 6.07 Å². The third-order valence-corrected chi connectivity index (χ3v) is 1.81. The molecule has 0 unspecified atom stereocenters. The summed E-state index contributed by atoms with van der Waals surface area (Å²) in [6, 6.07) is 2.35. The highest BCUT2D eigenvalue weighted by Gasteiger charge is 2.12. The molecule has 0 fully saturated rings. The fourth-order valence-corrected chi connectivity index (χ4v) is 1.12. The molecule has 1 aromatic carbocycles. The number of ketones is 1. The number of methoxy groups -OCH3 is 1. The summed E-state index contributed by atoms with van der Waals surface area (Å²) >= 11 is 0. The minimum absolute atomic E-state index is 0.0395. The zero-order valence-electron chi connectivity index (χ0n) is 7.83. The predicted octanol–water partition coefficient (Wildman–Crippen LogP) is 1.85. The lowest BCUT2D eigenvalue weighted by atomic mass is 10.1. The molecule has 0 aromatic heterocycles. The first-order valence-corrected chi connectivity index (χ1v) is 3.93. The van der Waals surface area contributed by atoms with Crippen molar-refractivity contribution in [3.8, 4) is 5.75 Å². The van der Waals surface area contributed by atoms with Gasteiger partial charge in [0, 0.05) is 5.56 Å². The smallest absolute Gasteiger partial charge is 0.166 e. The fourth-order valence-electron chi connectivity index (χ4n) is 1.12. The van der Waals surface area contributed by atoms with Gasteiger partial charge in [0.1, 0.15) is 0 Å². The van der Waals surface area contributed by atoms with Crippen molar-refractivity contribution in [2.75, 3.05) is 7.11 Å². The third-order valence-electron chi connectivity index (χ3n) is 1.81. The van der Waals surface area contributed by atoms with Gasteiger partial charge in [0.05, 0.1) is 12.7 Å². The number of halogens is 1. The van der Waals surface area contributed by atoms with Crippen LogP contribution in [0.5, 0.6) is 5.75 Å². The molecule has 0 N–H and O–H groups in total. The lowest BCUT2D eigenvalue weighted by molar-refractivity contribution is 0.101. The second-order valence-corrected chi connectivity index (χ2v) is 2.75. The van der Waals surface area contributed by atoms with E-state index in [2.05, 4.69) is 4.74 Å². The highest BCUT2D eigenvalue weighted by molar-refractivity contribution is 5.96. The number of hydrogen-bond donors (Lipinski definition) is 0. The predicted molar refractivity (Wildman–Crippen MR) is 48.3 cm³/mol. The van der Waals surface area contributed by atoms with Crippen LogP contribution >= 0.6 is 0 Å². The Labute approximate surface area is 80.5 Å². The maximum Gasteiger partial charge on any atom is 0.166 e. The van der Waals surface area contributed by atoms with E-state index in [0.29, 0.717) is 6.29 Å². The summed E-state index contributed by atoms with van der Waals surface area (Å²) in [7, 11) is 1.26. The van der Waals surface area contributed by atoms with Gasteiger partial charge >= 0.3 is 0 Å². The average Bonchev–Trinajstić information content (AvgIpc) is 2.16. The van der Waals surface area contributed by atoms with E-state index in [-0.39, 0.29) is 22.7 Å². The maximum absolute atomic E-state index is 13.2. The van der Waals surface area contributed by atoms with Crippen molar-refractivity contribution in [1.82, 2.24) is 0 Å². The van der Waals surface area contributed by atoms with Gasteiger partial charge < -0.3 is 4.74 Å². The molecule has 0 bridgehead atoms. The Balaban J connectivity index is 3.38. The monoisotopic (exact) mass is 196 g/mol. The van der Waals surface area contributed by atoms with Gasteiger partial charge in [-0.15, -0.1) is 0 Å². The summed E-state index contributed by atoms with van der Waals surface area (Å²) in [4.78, 5) is 21.5. The fraction of sp³-hybridized carbons (Fsp3) is 0.200. The van der Waals surface area contributed by atoms with Crippen molar-refractivity contribution in [1.29, 1.82) is 0 Å². The summed E-state index contributed by atoms with van der Waals surface area (Å²) in [6.45, 7) is 1.30. The van der Waals surface area contributed by atoms with Crippen LogP contribution < -0.4 is 4.74 Å². The summed E-state index contributed by atoms with van der Waals surface area (Å²) in [5, 5.41) is 0. The molecular weight excluding hydrogens is 187 g/mol. The van der Waals surface area contributed by atoms with E-state index in [1.807, 2.05) is 0 Å². The van der Waals surface area contributed by atoms with Crippen molar-refractivity contribution in [2.24, 2.45) is 0 Å². The van der Waals surface area contributed by atoms with Gasteiger partial charge in [-0.05, 0) is 19.1 Å². The largest absolute Gasteiger partial charge is 0.493 e. The van der Waals surface area contributed by atoms with Gasteiger partial charge in [0.15, 0.2) is 23.6 Å². The number of rotatable bonds is 3. The summed E-state index contributed by atoms with van der Waals surface area (Å²) < 4.78 is 17.9. The molecular formula is C10H9FO3. The first-order chi connectivity index (χ1) is 6.60. The Morgan fingerprint density at radius 2 is 2.14 bits per heavy atom. The van der Waals surface area contributed by atoms with Crippen molar-refractivity contribution < 1.29 is 18.7 Å². The van der Waals surface area contributed by atoms with Crippen LogP contribution in [0.1, 0.15) is 27.6 Å². The van der Waals surface area contributed by atoms with Gasteiger partial charge in [0.2, 0.25) is 0 Å². The second kappa shape index (κ2) is 4.00. The van der Waals surface area contributed by atoms with E-state index < -0.39 is 5.82 Å². The van der Waals surface area contributed by atoms with Crippen LogP contribution in [-0.2, 0) is 0 Å². The molecule has 74 valence electrons. The van der Waals surface area contributed by atoms with E-state index in [1.165, 1.54) is 20.1 Å². The van der Waals surface area contributed by atoms with Gasteiger partial charge in [-0.25, -0.2) is 4.39 Å². The number of Topliss-reactive ketones (excluding diaryl/α,β-unsaturated/α-hetero) is 1. The van der Waals surface area contributed by atoms with Crippen LogP contribution in [0.25, 0.3) is 0 Å². The van der Waals surface area contributed by atoms with E-state index in [9.17, 15) is 14.0 Å². The van der Waals surface area contributed by atoms with Gasteiger partial charge in [0.25, 0.3) is 0 Å². The Morgan fingerprint density at radius 3 is 2.57 bits per heavy atom. The molecule has 0 atom stereocenters. The van der Waals surface area contributed by atoms with E-state index in [4.69, 9.17) is 0 Å². The molecule has 0 aliphatic rings. The first-order valence-electron chi connectivity index (χ1n) is 3.93. The molecule has 1 aromatic rings. The molecule has 0 spiro atoms. The van der Waals surface area contributed by atoms with E-state index in [1.54, 1.807) is 0 Å². The Hall–Kier alpha value is -1.71. The normalized spacial score (nSPS) is 9.64. The second-order valence-electron chi connectivity index (χ2n) is 2.75. The molecule has 0 amide bonds. The minimum atomic E-state index is -0.706. The Bertz CT molecular complexity index is 385. The van der Waals surface area contributed by atoms with Crippen LogP contribution in [0, 0.1) is 5.82 Å². The number of hydrogen-bond acceptors (Lipinski definition) is 3. The highest BCUT2D eigenvalue weighted by atomic mass is 19.1. The summed E-state index contributed by atoms with van der Waals surface area (Å²) in [6.07, 6.45) is 0.453. The molecule has 3 nitrogen and oxygen atoms in total. The first kappa shape index (κ1) is 10.4.